The molecule has 4 heteroatoms. The number of hydrogen-bond donors (Lipinski definition) is 2. The summed E-state index contributed by atoms with van der Waals surface area (Å²) >= 11 is 0. The number of aliphatic hydroxyl groups is 1. The van der Waals surface area contributed by atoms with E-state index in [0.29, 0.717) is 25.7 Å². The summed E-state index contributed by atoms with van der Waals surface area (Å²) < 4.78 is 10.2. The largest absolute Gasteiger partial charge is 0.389 e. The fourth-order valence-electron chi connectivity index (χ4n) is 0.983. The quantitative estimate of drug-likeness (QED) is 0.530. The molecule has 0 aromatic heterocycles. The van der Waals surface area contributed by atoms with E-state index in [-0.39, 0.29) is 0 Å². The van der Waals surface area contributed by atoms with E-state index >= 15 is 0 Å². The van der Waals surface area contributed by atoms with Crippen LogP contribution in [-0.4, -0.2) is 51.2 Å². The van der Waals surface area contributed by atoms with Gasteiger partial charge in [0, 0.05) is 26.8 Å². The third-order valence-electron chi connectivity index (χ3n) is 1.61. The molecule has 86 valence electrons. The number of hydrogen-bond acceptors (Lipinski definition) is 4. The maximum Gasteiger partial charge on any atom is 0.0897 e. The van der Waals surface area contributed by atoms with Gasteiger partial charge in [0.1, 0.15) is 0 Å². The number of aliphatic hydroxyl groups excluding tert-OH is 1. The van der Waals surface area contributed by atoms with E-state index in [0.717, 1.165) is 13.2 Å². The zero-order valence-electron chi connectivity index (χ0n) is 9.45. The van der Waals surface area contributed by atoms with Crippen molar-refractivity contribution in [2.45, 2.75) is 20.0 Å². The lowest BCUT2D eigenvalue weighted by Gasteiger charge is -2.11. The van der Waals surface area contributed by atoms with Gasteiger partial charge in [-0.3, -0.25) is 0 Å². The molecule has 2 N–H and O–H groups in total. The molecule has 14 heavy (non-hydrogen) atoms. The van der Waals surface area contributed by atoms with E-state index in [4.69, 9.17) is 9.47 Å². The van der Waals surface area contributed by atoms with Crippen LogP contribution < -0.4 is 5.32 Å². The summed E-state index contributed by atoms with van der Waals surface area (Å²) in [4.78, 5) is 0. The SMILES string of the molecule is COCC(O)CNCCOCC(C)C. The monoisotopic (exact) mass is 205 g/mol. The Hall–Kier alpha value is -0.160. The van der Waals surface area contributed by atoms with Crippen LogP contribution >= 0.6 is 0 Å². The summed E-state index contributed by atoms with van der Waals surface area (Å²) in [5.74, 6) is 0.578. The van der Waals surface area contributed by atoms with Crippen molar-refractivity contribution in [1.82, 2.24) is 5.32 Å². The number of rotatable bonds is 9. The molecule has 0 aliphatic carbocycles. The zero-order valence-corrected chi connectivity index (χ0v) is 9.45. The van der Waals surface area contributed by atoms with Gasteiger partial charge in [0.25, 0.3) is 0 Å². The molecule has 1 unspecified atom stereocenters. The summed E-state index contributed by atoms with van der Waals surface area (Å²) in [6, 6.07) is 0. The van der Waals surface area contributed by atoms with Gasteiger partial charge >= 0.3 is 0 Å². The minimum Gasteiger partial charge on any atom is -0.389 e. The maximum absolute atomic E-state index is 9.27. The van der Waals surface area contributed by atoms with Crippen molar-refractivity contribution in [1.29, 1.82) is 0 Å². The van der Waals surface area contributed by atoms with Crippen molar-refractivity contribution >= 4 is 0 Å². The Bertz CT molecular complexity index is 120. The molecular weight excluding hydrogens is 182 g/mol. The topological polar surface area (TPSA) is 50.7 Å². The lowest BCUT2D eigenvalue weighted by molar-refractivity contribution is 0.0610. The third-order valence-corrected chi connectivity index (χ3v) is 1.61. The Kier molecular flexibility index (Phi) is 9.29. The average Bonchev–Trinajstić information content (AvgIpc) is 2.11. The number of methoxy groups -OCH3 is 1. The normalized spacial score (nSPS) is 13.5. The standard InChI is InChI=1S/C10H23NO3/c1-9(2)7-14-5-4-11-6-10(12)8-13-3/h9-12H,4-8H2,1-3H3. The van der Waals surface area contributed by atoms with E-state index in [1.807, 2.05) is 0 Å². The smallest absolute Gasteiger partial charge is 0.0897 e. The number of ether oxygens (including phenoxy) is 2. The second-order valence-electron chi connectivity index (χ2n) is 3.78. The highest BCUT2D eigenvalue weighted by atomic mass is 16.5. The Morgan fingerprint density at radius 1 is 1.29 bits per heavy atom. The Balaban J connectivity index is 3.05. The summed E-state index contributed by atoms with van der Waals surface area (Å²) in [5, 5.41) is 12.4. The van der Waals surface area contributed by atoms with Crippen LogP contribution in [0.25, 0.3) is 0 Å². The summed E-state index contributed by atoms with van der Waals surface area (Å²) in [6.07, 6.45) is -0.426. The maximum atomic E-state index is 9.27. The molecule has 0 spiro atoms. The summed E-state index contributed by atoms with van der Waals surface area (Å²) in [7, 11) is 1.58. The van der Waals surface area contributed by atoms with E-state index in [1.54, 1.807) is 7.11 Å². The molecule has 0 aliphatic heterocycles. The van der Waals surface area contributed by atoms with Crippen LogP contribution in [0, 0.1) is 5.92 Å². The Morgan fingerprint density at radius 3 is 2.57 bits per heavy atom. The van der Waals surface area contributed by atoms with Gasteiger partial charge in [0.05, 0.1) is 19.3 Å². The molecule has 0 heterocycles. The molecular formula is C10H23NO3. The predicted octanol–water partition coefficient (Wildman–Crippen LogP) is 0.256. The molecule has 0 aromatic carbocycles. The van der Waals surface area contributed by atoms with Crippen LogP contribution in [0.15, 0.2) is 0 Å². The van der Waals surface area contributed by atoms with Gasteiger partial charge in [0.15, 0.2) is 0 Å². The summed E-state index contributed by atoms with van der Waals surface area (Å²) in [5.41, 5.74) is 0. The van der Waals surface area contributed by atoms with Crippen LogP contribution in [-0.2, 0) is 9.47 Å². The van der Waals surface area contributed by atoms with Crippen molar-refractivity contribution in [3.05, 3.63) is 0 Å². The minimum atomic E-state index is -0.426. The highest BCUT2D eigenvalue weighted by molar-refractivity contribution is 4.57. The van der Waals surface area contributed by atoms with Gasteiger partial charge < -0.3 is 19.9 Å². The predicted molar refractivity (Wildman–Crippen MR) is 56.4 cm³/mol. The molecule has 0 saturated carbocycles. The molecule has 4 nitrogen and oxygen atoms in total. The molecule has 0 fully saturated rings. The van der Waals surface area contributed by atoms with Crippen molar-refractivity contribution < 1.29 is 14.6 Å². The molecule has 0 radical (unpaired) electrons. The van der Waals surface area contributed by atoms with E-state index in [2.05, 4.69) is 19.2 Å². The van der Waals surface area contributed by atoms with Gasteiger partial charge in [-0.15, -0.1) is 0 Å². The van der Waals surface area contributed by atoms with E-state index in [9.17, 15) is 5.11 Å². The van der Waals surface area contributed by atoms with Gasteiger partial charge in [-0.2, -0.15) is 0 Å². The summed E-state index contributed by atoms with van der Waals surface area (Å²) in [6.45, 7) is 7.43. The van der Waals surface area contributed by atoms with Crippen molar-refractivity contribution in [3.8, 4) is 0 Å². The highest BCUT2D eigenvalue weighted by Crippen LogP contribution is 1.91. The van der Waals surface area contributed by atoms with Crippen LogP contribution in [0.3, 0.4) is 0 Å². The molecule has 0 aromatic rings. The average molecular weight is 205 g/mol. The van der Waals surface area contributed by atoms with Gasteiger partial charge in [-0.1, -0.05) is 13.8 Å². The number of nitrogens with one attached hydrogen (secondary N) is 1. The minimum absolute atomic E-state index is 0.375. The fraction of sp³-hybridized carbons (Fsp3) is 1.00. The second kappa shape index (κ2) is 9.40. The molecule has 0 amide bonds. The third kappa shape index (κ3) is 9.92. The lowest BCUT2D eigenvalue weighted by Crippen LogP contribution is -2.32. The first kappa shape index (κ1) is 13.8. The van der Waals surface area contributed by atoms with Crippen LogP contribution in [0.4, 0.5) is 0 Å². The highest BCUT2D eigenvalue weighted by Gasteiger charge is 2.01. The molecule has 1 atom stereocenters. The molecule has 0 saturated heterocycles. The van der Waals surface area contributed by atoms with Crippen LogP contribution in [0.5, 0.6) is 0 Å². The first-order chi connectivity index (χ1) is 6.66. The van der Waals surface area contributed by atoms with E-state index < -0.39 is 6.10 Å². The van der Waals surface area contributed by atoms with Crippen molar-refractivity contribution in [2.24, 2.45) is 5.92 Å². The molecule has 0 aliphatic rings. The van der Waals surface area contributed by atoms with Crippen molar-refractivity contribution in [3.63, 3.8) is 0 Å². The Labute approximate surface area is 86.6 Å². The van der Waals surface area contributed by atoms with Crippen LogP contribution in [0.1, 0.15) is 13.8 Å². The first-order valence-electron chi connectivity index (χ1n) is 5.12. The van der Waals surface area contributed by atoms with Gasteiger partial charge in [-0.05, 0) is 5.92 Å². The van der Waals surface area contributed by atoms with Crippen molar-refractivity contribution in [2.75, 3.05) is 40.0 Å². The molecule has 0 bridgehead atoms. The second-order valence-corrected chi connectivity index (χ2v) is 3.78. The van der Waals surface area contributed by atoms with Gasteiger partial charge in [-0.25, -0.2) is 0 Å². The van der Waals surface area contributed by atoms with Crippen LogP contribution in [0.2, 0.25) is 0 Å². The molecule has 0 rings (SSSR count). The Morgan fingerprint density at radius 2 is 2.00 bits per heavy atom. The van der Waals surface area contributed by atoms with E-state index in [1.165, 1.54) is 0 Å². The lowest BCUT2D eigenvalue weighted by atomic mass is 10.2. The fourth-order valence-corrected chi connectivity index (χ4v) is 0.983. The first-order valence-corrected chi connectivity index (χ1v) is 5.12. The zero-order chi connectivity index (χ0) is 10.8. The van der Waals surface area contributed by atoms with Gasteiger partial charge in [0.2, 0.25) is 0 Å².